The van der Waals surface area contributed by atoms with Crippen molar-refractivity contribution in [2.45, 2.75) is 6.54 Å². The molecule has 120 valence electrons. The second-order valence-corrected chi connectivity index (χ2v) is 5.66. The van der Waals surface area contributed by atoms with Crippen LogP contribution in [0, 0.1) is 0 Å². The van der Waals surface area contributed by atoms with Crippen molar-refractivity contribution in [3.63, 3.8) is 0 Å². The van der Waals surface area contributed by atoms with Crippen molar-refractivity contribution in [3.05, 3.63) is 58.7 Å². The zero-order chi connectivity index (χ0) is 16.1. The second kappa shape index (κ2) is 7.44. The van der Waals surface area contributed by atoms with Gasteiger partial charge in [0.1, 0.15) is 5.82 Å². The smallest absolute Gasteiger partial charge is 0.255 e. The van der Waals surface area contributed by atoms with Crippen molar-refractivity contribution in [1.29, 1.82) is 0 Å². The van der Waals surface area contributed by atoms with Crippen molar-refractivity contribution in [1.82, 2.24) is 10.3 Å². The SMILES string of the molecule is O=C(NCc1ccccc1Cl)c1cccnc1N1CCOCC1. The van der Waals surface area contributed by atoms with Crippen molar-refractivity contribution in [3.8, 4) is 0 Å². The molecule has 1 N–H and O–H groups in total. The Bertz CT molecular complexity index is 687. The highest BCUT2D eigenvalue weighted by Crippen LogP contribution is 2.19. The van der Waals surface area contributed by atoms with Crippen LogP contribution in [0.15, 0.2) is 42.6 Å². The number of carbonyl (C=O) groups excluding carboxylic acids is 1. The summed E-state index contributed by atoms with van der Waals surface area (Å²) in [5.74, 6) is 0.548. The minimum Gasteiger partial charge on any atom is -0.378 e. The molecule has 0 spiro atoms. The number of hydrogen-bond acceptors (Lipinski definition) is 4. The van der Waals surface area contributed by atoms with E-state index >= 15 is 0 Å². The van der Waals surface area contributed by atoms with Crippen molar-refractivity contribution < 1.29 is 9.53 Å². The molecule has 1 saturated heterocycles. The van der Waals surface area contributed by atoms with Gasteiger partial charge in [0.15, 0.2) is 0 Å². The van der Waals surface area contributed by atoms with Crippen LogP contribution >= 0.6 is 11.6 Å². The molecule has 0 unspecified atom stereocenters. The number of amides is 1. The first-order chi connectivity index (χ1) is 11.3. The van der Waals surface area contributed by atoms with Crippen LogP contribution in [0.5, 0.6) is 0 Å². The summed E-state index contributed by atoms with van der Waals surface area (Å²) < 4.78 is 5.36. The molecule has 0 aliphatic carbocycles. The number of pyridine rings is 1. The van der Waals surface area contributed by atoms with Gasteiger partial charge in [-0.25, -0.2) is 4.98 Å². The summed E-state index contributed by atoms with van der Waals surface area (Å²) >= 11 is 6.12. The van der Waals surface area contributed by atoms with Crippen LogP contribution in [-0.2, 0) is 11.3 Å². The molecule has 1 aliphatic rings. The highest BCUT2D eigenvalue weighted by atomic mass is 35.5. The Morgan fingerprint density at radius 2 is 2.00 bits per heavy atom. The van der Waals surface area contributed by atoms with Gasteiger partial charge in [0.2, 0.25) is 0 Å². The van der Waals surface area contributed by atoms with Crippen LogP contribution in [0.2, 0.25) is 5.02 Å². The Morgan fingerprint density at radius 3 is 2.78 bits per heavy atom. The van der Waals surface area contributed by atoms with Crippen LogP contribution in [0.4, 0.5) is 5.82 Å². The normalized spacial score (nSPS) is 14.6. The third-order valence-electron chi connectivity index (χ3n) is 3.74. The maximum Gasteiger partial charge on any atom is 0.255 e. The number of morpholine rings is 1. The van der Waals surface area contributed by atoms with Gasteiger partial charge in [-0.1, -0.05) is 29.8 Å². The highest BCUT2D eigenvalue weighted by molar-refractivity contribution is 6.31. The average molecular weight is 332 g/mol. The highest BCUT2D eigenvalue weighted by Gasteiger charge is 2.19. The third-order valence-corrected chi connectivity index (χ3v) is 4.11. The number of carbonyl (C=O) groups is 1. The van der Waals surface area contributed by atoms with Gasteiger partial charge < -0.3 is 15.0 Å². The molecule has 2 aromatic rings. The predicted molar refractivity (Wildman–Crippen MR) is 89.9 cm³/mol. The van der Waals surface area contributed by atoms with E-state index < -0.39 is 0 Å². The van der Waals surface area contributed by atoms with E-state index in [9.17, 15) is 4.79 Å². The molecular formula is C17H18ClN3O2. The maximum atomic E-state index is 12.5. The Labute approximate surface area is 140 Å². The lowest BCUT2D eigenvalue weighted by atomic mass is 10.2. The summed E-state index contributed by atoms with van der Waals surface area (Å²) in [6.07, 6.45) is 1.70. The summed E-state index contributed by atoms with van der Waals surface area (Å²) in [4.78, 5) is 19.0. The molecule has 0 atom stereocenters. The molecule has 1 amide bonds. The molecule has 23 heavy (non-hydrogen) atoms. The van der Waals surface area contributed by atoms with E-state index in [1.165, 1.54) is 0 Å². The standard InChI is InChI=1S/C17H18ClN3O2/c18-15-6-2-1-4-13(15)12-20-17(22)14-5-3-7-19-16(14)21-8-10-23-11-9-21/h1-7H,8-12H2,(H,20,22). The minimum atomic E-state index is -0.153. The molecule has 6 heteroatoms. The molecule has 0 radical (unpaired) electrons. The number of nitrogens with one attached hydrogen (secondary N) is 1. The largest absolute Gasteiger partial charge is 0.378 e. The van der Waals surface area contributed by atoms with E-state index in [4.69, 9.17) is 16.3 Å². The monoisotopic (exact) mass is 331 g/mol. The number of aromatic nitrogens is 1. The molecule has 2 heterocycles. The van der Waals surface area contributed by atoms with Gasteiger partial charge in [-0.05, 0) is 23.8 Å². The van der Waals surface area contributed by atoms with Gasteiger partial charge >= 0.3 is 0 Å². The molecule has 3 rings (SSSR count). The van der Waals surface area contributed by atoms with E-state index in [-0.39, 0.29) is 5.91 Å². The lowest BCUT2D eigenvalue weighted by molar-refractivity contribution is 0.0949. The van der Waals surface area contributed by atoms with Crippen molar-refractivity contribution >= 4 is 23.3 Å². The van der Waals surface area contributed by atoms with Crippen LogP contribution in [-0.4, -0.2) is 37.2 Å². The van der Waals surface area contributed by atoms with Crippen LogP contribution in [0.25, 0.3) is 0 Å². The Hall–Kier alpha value is -2.11. The summed E-state index contributed by atoms with van der Waals surface area (Å²) in [6, 6.07) is 11.0. The fraction of sp³-hybridized carbons (Fsp3) is 0.294. The van der Waals surface area contributed by atoms with Gasteiger partial charge in [-0.3, -0.25) is 4.79 Å². The lowest BCUT2D eigenvalue weighted by Crippen LogP contribution is -2.38. The van der Waals surface area contributed by atoms with Gasteiger partial charge in [0.05, 0.1) is 18.8 Å². The molecule has 1 fully saturated rings. The zero-order valence-electron chi connectivity index (χ0n) is 12.7. The molecule has 0 saturated carbocycles. The number of rotatable bonds is 4. The molecule has 1 aromatic heterocycles. The fourth-order valence-electron chi connectivity index (χ4n) is 2.51. The average Bonchev–Trinajstić information content (AvgIpc) is 2.61. The maximum absolute atomic E-state index is 12.5. The Morgan fingerprint density at radius 1 is 1.22 bits per heavy atom. The van der Waals surface area contributed by atoms with Crippen molar-refractivity contribution in [2.75, 3.05) is 31.2 Å². The number of halogens is 1. The number of anilines is 1. The predicted octanol–water partition coefficient (Wildman–Crippen LogP) is 2.50. The number of hydrogen-bond donors (Lipinski definition) is 1. The number of ether oxygens (including phenoxy) is 1. The van der Waals surface area contributed by atoms with E-state index in [0.717, 1.165) is 18.7 Å². The van der Waals surface area contributed by atoms with Gasteiger partial charge in [-0.15, -0.1) is 0 Å². The molecular weight excluding hydrogens is 314 g/mol. The van der Waals surface area contributed by atoms with Gasteiger partial charge in [-0.2, -0.15) is 0 Å². The summed E-state index contributed by atoms with van der Waals surface area (Å²) in [5, 5.41) is 3.56. The van der Waals surface area contributed by atoms with E-state index in [2.05, 4.69) is 15.2 Å². The van der Waals surface area contributed by atoms with Crippen LogP contribution < -0.4 is 10.2 Å². The van der Waals surface area contributed by atoms with Crippen LogP contribution in [0.1, 0.15) is 15.9 Å². The number of benzene rings is 1. The first-order valence-corrected chi connectivity index (χ1v) is 7.93. The minimum absolute atomic E-state index is 0.153. The van der Waals surface area contributed by atoms with Crippen molar-refractivity contribution in [2.24, 2.45) is 0 Å². The molecule has 5 nitrogen and oxygen atoms in total. The first-order valence-electron chi connectivity index (χ1n) is 7.55. The van der Waals surface area contributed by atoms with E-state index in [1.807, 2.05) is 24.3 Å². The van der Waals surface area contributed by atoms with Gasteiger partial charge in [0.25, 0.3) is 5.91 Å². The topological polar surface area (TPSA) is 54.5 Å². The first kappa shape index (κ1) is 15.8. The Kier molecular flexibility index (Phi) is 5.10. The quantitative estimate of drug-likeness (QED) is 0.935. The van der Waals surface area contributed by atoms with E-state index in [1.54, 1.807) is 18.3 Å². The second-order valence-electron chi connectivity index (χ2n) is 5.25. The summed E-state index contributed by atoms with van der Waals surface area (Å²) in [5.41, 5.74) is 1.46. The Balaban J connectivity index is 1.73. The molecule has 1 aliphatic heterocycles. The van der Waals surface area contributed by atoms with E-state index in [0.29, 0.717) is 36.2 Å². The zero-order valence-corrected chi connectivity index (χ0v) is 13.4. The lowest BCUT2D eigenvalue weighted by Gasteiger charge is -2.29. The summed E-state index contributed by atoms with van der Waals surface area (Å²) in [7, 11) is 0. The third kappa shape index (κ3) is 3.81. The fourth-order valence-corrected chi connectivity index (χ4v) is 2.72. The molecule has 1 aromatic carbocycles. The molecule has 0 bridgehead atoms. The number of nitrogens with zero attached hydrogens (tertiary/aromatic N) is 2. The van der Waals surface area contributed by atoms with Gasteiger partial charge in [0, 0.05) is 30.9 Å². The van der Waals surface area contributed by atoms with Crippen LogP contribution in [0.3, 0.4) is 0 Å². The summed E-state index contributed by atoms with van der Waals surface area (Å²) in [6.45, 7) is 3.16.